The van der Waals surface area contributed by atoms with Gasteiger partial charge in [-0.2, -0.15) is 9.97 Å². The minimum atomic E-state index is -1.23. The van der Waals surface area contributed by atoms with Crippen molar-refractivity contribution in [2.45, 2.75) is 37.4 Å². The molecule has 0 bridgehead atoms. The molecule has 3 aromatic rings. The van der Waals surface area contributed by atoms with Gasteiger partial charge in [-0.25, -0.2) is 4.98 Å². The highest BCUT2D eigenvalue weighted by Gasteiger charge is 2.44. The van der Waals surface area contributed by atoms with E-state index >= 15 is 0 Å². The Hall–Kier alpha value is -2.79. The first kappa shape index (κ1) is 19.5. The van der Waals surface area contributed by atoms with Gasteiger partial charge in [0.25, 0.3) is 0 Å². The molecule has 1 unspecified atom stereocenters. The number of nitrogens with two attached hydrogens (primary N) is 1. The molecule has 4 atom stereocenters. The van der Waals surface area contributed by atoms with Gasteiger partial charge in [-0.15, -0.1) is 0 Å². The number of ether oxygens (including phenoxy) is 1. The highest BCUT2D eigenvalue weighted by Crippen LogP contribution is 2.32. The van der Waals surface area contributed by atoms with Crippen LogP contribution in [0.4, 0.5) is 11.8 Å². The van der Waals surface area contributed by atoms with E-state index in [1.807, 2.05) is 18.2 Å². The largest absolute Gasteiger partial charge is 0.394 e. The van der Waals surface area contributed by atoms with Crippen LogP contribution < -0.4 is 11.1 Å². The van der Waals surface area contributed by atoms with Gasteiger partial charge >= 0.3 is 0 Å². The zero-order valence-corrected chi connectivity index (χ0v) is 15.7. The van der Waals surface area contributed by atoms with Crippen LogP contribution in [0.2, 0.25) is 0 Å². The zero-order chi connectivity index (χ0) is 20.4. The van der Waals surface area contributed by atoms with E-state index in [9.17, 15) is 15.3 Å². The van der Waals surface area contributed by atoms with E-state index in [0.717, 1.165) is 12.8 Å². The number of nitrogens with one attached hydrogen (secondary N) is 1. The SMILES string of the molecule is Nc1nc(NCCCc2ccccc2)c2ncn(C3O[C@H](CO)[C@@H](O)[C@H]3O)c2n1. The van der Waals surface area contributed by atoms with Crippen molar-refractivity contribution in [1.82, 2.24) is 19.5 Å². The summed E-state index contributed by atoms with van der Waals surface area (Å²) in [6.07, 6.45) is -0.997. The third kappa shape index (κ3) is 3.87. The predicted molar refractivity (Wildman–Crippen MR) is 106 cm³/mol. The summed E-state index contributed by atoms with van der Waals surface area (Å²) in [5, 5.41) is 32.8. The molecule has 10 heteroatoms. The zero-order valence-electron chi connectivity index (χ0n) is 15.7. The van der Waals surface area contributed by atoms with Crippen molar-refractivity contribution in [3.63, 3.8) is 0 Å². The van der Waals surface area contributed by atoms with E-state index in [1.165, 1.54) is 16.5 Å². The van der Waals surface area contributed by atoms with Crippen LogP contribution in [0.3, 0.4) is 0 Å². The van der Waals surface area contributed by atoms with Gasteiger partial charge in [-0.1, -0.05) is 30.3 Å². The molecule has 1 aliphatic rings. The molecular weight excluding hydrogens is 376 g/mol. The number of rotatable bonds is 7. The normalized spacial score (nSPS) is 24.2. The third-order valence-electron chi connectivity index (χ3n) is 5.01. The Labute approximate surface area is 167 Å². The summed E-state index contributed by atoms with van der Waals surface area (Å²) >= 11 is 0. The van der Waals surface area contributed by atoms with Crippen LogP contribution in [0.25, 0.3) is 11.2 Å². The highest BCUT2D eigenvalue weighted by molar-refractivity contribution is 5.84. The summed E-state index contributed by atoms with van der Waals surface area (Å²) in [6.45, 7) is 0.258. The molecule has 1 aliphatic heterocycles. The van der Waals surface area contributed by atoms with Crippen molar-refractivity contribution in [3.8, 4) is 0 Å². The van der Waals surface area contributed by atoms with E-state index in [1.54, 1.807) is 0 Å². The fourth-order valence-electron chi connectivity index (χ4n) is 3.50. The Morgan fingerprint density at radius 3 is 2.66 bits per heavy atom. The molecule has 0 spiro atoms. The maximum Gasteiger partial charge on any atom is 0.224 e. The molecule has 1 aromatic carbocycles. The molecule has 1 saturated heterocycles. The summed E-state index contributed by atoms with van der Waals surface area (Å²) in [5.74, 6) is 0.544. The molecule has 0 amide bonds. The molecular formula is C19H24N6O4. The van der Waals surface area contributed by atoms with E-state index < -0.39 is 31.1 Å². The predicted octanol–water partition coefficient (Wildman–Crippen LogP) is 0.0647. The molecule has 0 aliphatic carbocycles. The molecule has 29 heavy (non-hydrogen) atoms. The molecule has 2 aromatic heterocycles. The minimum absolute atomic E-state index is 0.0524. The van der Waals surface area contributed by atoms with Gasteiger partial charge in [0.1, 0.15) is 18.3 Å². The van der Waals surface area contributed by atoms with Gasteiger partial charge in [0, 0.05) is 6.54 Å². The number of anilines is 2. The van der Waals surface area contributed by atoms with Gasteiger partial charge in [0.2, 0.25) is 5.95 Å². The minimum Gasteiger partial charge on any atom is -0.394 e. The fraction of sp³-hybridized carbons (Fsp3) is 0.421. The number of hydrogen-bond donors (Lipinski definition) is 5. The van der Waals surface area contributed by atoms with E-state index in [2.05, 4.69) is 32.4 Å². The van der Waals surface area contributed by atoms with Crippen molar-refractivity contribution < 1.29 is 20.1 Å². The standard InChI is InChI=1S/C19H24N6O4/c20-19-23-16(21-8-4-7-11-5-2-1-3-6-11)13-17(24-19)25(10-22-13)18-15(28)14(27)12(9-26)29-18/h1-3,5-6,10,12,14-15,18,26-28H,4,7-9H2,(H3,20,21,23,24)/t12-,14-,15-,18?/m1/s1. The average molecular weight is 400 g/mol. The topological polar surface area (TPSA) is 152 Å². The number of hydrogen-bond acceptors (Lipinski definition) is 9. The number of aliphatic hydroxyl groups is 3. The Bertz CT molecular complexity index is 966. The molecule has 3 heterocycles. The summed E-state index contributed by atoms with van der Waals surface area (Å²) in [4.78, 5) is 12.8. The van der Waals surface area contributed by atoms with Crippen LogP contribution >= 0.6 is 0 Å². The number of nitrogens with zero attached hydrogens (tertiary/aromatic N) is 4. The second-order valence-electron chi connectivity index (χ2n) is 7.00. The van der Waals surface area contributed by atoms with Crippen molar-refractivity contribution in [2.24, 2.45) is 0 Å². The van der Waals surface area contributed by atoms with Gasteiger partial charge in [0.15, 0.2) is 23.2 Å². The molecule has 0 radical (unpaired) electrons. The summed E-state index contributed by atoms with van der Waals surface area (Å²) in [5.41, 5.74) is 7.98. The number of aryl methyl sites for hydroxylation is 1. The van der Waals surface area contributed by atoms with Crippen LogP contribution in [-0.4, -0.2) is 66.3 Å². The first-order valence-corrected chi connectivity index (χ1v) is 9.48. The van der Waals surface area contributed by atoms with E-state index in [0.29, 0.717) is 23.5 Å². The molecule has 6 N–H and O–H groups in total. The Balaban J connectivity index is 1.51. The molecule has 4 rings (SSSR count). The number of aliphatic hydroxyl groups excluding tert-OH is 3. The lowest BCUT2D eigenvalue weighted by Gasteiger charge is -2.16. The summed E-state index contributed by atoms with van der Waals surface area (Å²) < 4.78 is 7.06. The smallest absolute Gasteiger partial charge is 0.224 e. The lowest BCUT2D eigenvalue weighted by Crippen LogP contribution is -2.33. The van der Waals surface area contributed by atoms with Crippen LogP contribution in [-0.2, 0) is 11.2 Å². The van der Waals surface area contributed by atoms with Gasteiger partial charge in [0.05, 0.1) is 12.9 Å². The number of nitrogen functional groups attached to an aromatic ring is 1. The van der Waals surface area contributed by atoms with Crippen LogP contribution in [0.5, 0.6) is 0 Å². The van der Waals surface area contributed by atoms with E-state index in [-0.39, 0.29) is 5.95 Å². The van der Waals surface area contributed by atoms with Crippen molar-refractivity contribution in [1.29, 1.82) is 0 Å². The molecule has 1 fully saturated rings. The maximum atomic E-state index is 10.3. The Morgan fingerprint density at radius 2 is 1.93 bits per heavy atom. The number of benzene rings is 1. The lowest BCUT2D eigenvalue weighted by molar-refractivity contribution is -0.0511. The van der Waals surface area contributed by atoms with Crippen LogP contribution in [0.15, 0.2) is 36.7 Å². The quantitative estimate of drug-likeness (QED) is 0.347. The van der Waals surface area contributed by atoms with Crippen molar-refractivity contribution in [2.75, 3.05) is 24.2 Å². The van der Waals surface area contributed by atoms with Crippen LogP contribution in [0, 0.1) is 0 Å². The second-order valence-corrected chi connectivity index (χ2v) is 7.00. The molecule has 154 valence electrons. The van der Waals surface area contributed by atoms with Crippen LogP contribution in [0.1, 0.15) is 18.2 Å². The molecule has 0 saturated carbocycles. The van der Waals surface area contributed by atoms with Gasteiger partial charge in [-0.3, -0.25) is 4.57 Å². The molecule has 10 nitrogen and oxygen atoms in total. The first-order valence-electron chi connectivity index (χ1n) is 9.48. The summed E-state index contributed by atoms with van der Waals surface area (Å²) in [6, 6.07) is 10.2. The third-order valence-corrected chi connectivity index (χ3v) is 5.01. The maximum absolute atomic E-state index is 10.3. The van der Waals surface area contributed by atoms with Gasteiger partial charge < -0.3 is 31.1 Å². The van der Waals surface area contributed by atoms with E-state index in [4.69, 9.17) is 10.5 Å². The first-order chi connectivity index (χ1) is 14.1. The fourth-order valence-corrected chi connectivity index (χ4v) is 3.50. The number of fused-ring (bicyclic) bond motifs is 1. The van der Waals surface area contributed by atoms with Crippen molar-refractivity contribution >= 4 is 22.9 Å². The lowest BCUT2D eigenvalue weighted by atomic mass is 10.1. The average Bonchev–Trinajstić information content (AvgIpc) is 3.27. The Morgan fingerprint density at radius 1 is 1.14 bits per heavy atom. The number of imidazole rings is 1. The second kappa shape index (κ2) is 8.29. The van der Waals surface area contributed by atoms with Gasteiger partial charge in [-0.05, 0) is 18.4 Å². The number of aromatic nitrogens is 4. The Kier molecular flexibility index (Phi) is 5.58. The summed E-state index contributed by atoms with van der Waals surface area (Å²) in [7, 11) is 0. The monoisotopic (exact) mass is 400 g/mol. The van der Waals surface area contributed by atoms with Crippen molar-refractivity contribution in [3.05, 3.63) is 42.2 Å². The highest BCUT2D eigenvalue weighted by atomic mass is 16.6.